The van der Waals surface area contributed by atoms with Crippen LogP contribution in [0.25, 0.3) is 0 Å². The molecule has 1 aliphatic rings. The van der Waals surface area contributed by atoms with Crippen molar-refractivity contribution in [3.8, 4) is 0 Å². The van der Waals surface area contributed by atoms with Gasteiger partial charge in [0.2, 0.25) is 0 Å². The van der Waals surface area contributed by atoms with Crippen LogP contribution in [0.15, 0.2) is 0 Å². The predicted octanol–water partition coefficient (Wildman–Crippen LogP) is 6.30. The maximum Gasteiger partial charge on any atom is -0.0363 e. The molecular weight excluding hydrogens is 192 g/mol. The summed E-state index contributed by atoms with van der Waals surface area (Å²) in [6, 6.07) is 0. The third kappa shape index (κ3) is 6.55. The molecule has 0 aromatic rings. The van der Waals surface area contributed by atoms with Gasteiger partial charge in [0, 0.05) is 0 Å². The molecule has 100 valence electrons. The van der Waals surface area contributed by atoms with Gasteiger partial charge in [-0.15, -0.1) is 0 Å². The van der Waals surface area contributed by atoms with Gasteiger partial charge in [-0.05, 0) is 17.8 Å². The van der Waals surface area contributed by atoms with Crippen molar-refractivity contribution in [3.63, 3.8) is 0 Å². The van der Waals surface area contributed by atoms with Gasteiger partial charge in [0.1, 0.15) is 0 Å². The molecule has 0 aromatic carbocycles. The molecule has 0 saturated heterocycles. The first-order chi connectivity index (χ1) is 7.79. The Kier molecular flexibility index (Phi) is 15.0. The van der Waals surface area contributed by atoms with E-state index in [0.29, 0.717) is 0 Å². The normalized spacial score (nSPS) is 18.9. The van der Waals surface area contributed by atoms with Gasteiger partial charge in [0.05, 0.1) is 0 Å². The Bertz CT molecular complexity index is 111. The first-order valence-corrected chi connectivity index (χ1v) is 7.79. The van der Waals surface area contributed by atoms with Crippen LogP contribution in [0.1, 0.15) is 87.0 Å². The quantitative estimate of drug-likeness (QED) is 0.529. The van der Waals surface area contributed by atoms with Crippen LogP contribution >= 0.6 is 0 Å². The van der Waals surface area contributed by atoms with Crippen LogP contribution in [0.4, 0.5) is 0 Å². The maximum atomic E-state index is 2.44. The maximum absolute atomic E-state index is 2.44. The summed E-state index contributed by atoms with van der Waals surface area (Å²) in [5, 5.41) is 0. The molecule has 0 spiro atoms. The molecule has 0 heteroatoms. The van der Waals surface area contributed by atoms with Gasteiger partial charge in [-0.2, -0.15) is 0 Å². The average molecular weight is 228 g/mol. The highest BCUT2D eigenvalue weighted by Crippen LogP contribution is 2.37. The van der Waals surface area contributed by atoms with Crippen LogP contribution in [0.2, 0.25) is 0 Å². The van der Waals surface area contributed by atoms with E-state index in [4.69, 9.17) is 0 Å². The van der Waals surface area contributed by atoms with Crippen molar-refractivity contribution < 1.29 is 0 Å². The van der Waals surface area contributed by atoms with Gasteiger partial charge in [-0.25, -0.2) is 0 Å². The van der Waals surface area contributed by atoms with E-state index in [1.165, 1.54) is 38.5 Å². The second kappa shape index (κ2) is 13.1. The van der Waals surface area contributed by atoms with Crippen molar-refractivity contribution in [2.24, 2.45) is 17.8 Å². The molecule has 0 aromatic heterocycles. The van der Waals surface area contributed by atoms with E-state index in [2.05, 4.69) is 20.8 Å². The van der Waals surface area contributed by atoms with Crippen molar-refractivity contribution in [1.82, 2.24) is 0 Å². The molecule has 1 saturated carbocycles. The average Bonchev–Trinajstić information content (AvgIpc) is 2.88. The molecule has 0 aliphatic heterocycles. The lowest BCUT2D eigenvalue weighted by molar-refractivity contribution is 0.229. The molecule has 1 rings (SSSR count). The molecule has 2 unspecified atom stereocenters. The van der Waals surface area contributed by atoms with E-state index < -0.39 is 0 Å². The molecule has 0 N–H and O–H groups in total. The van der Waals surface area contributed by atoms with Crippen LogP contribution in [-0.4, -0.2) is 0 Å². The largest absolute Gasteiger partial charge is 0.0683 e. The summed E-state index contributed by atoms with van der Waals surface area (Å²) in [5.74, 6) is 3.06. The third-order valence-electron chi connectivity index (χ3n) is 3.85. The highest BCUT2D eigenvalue weighted by molar-refractivity contribution is 4.77. The van der Waals surface area contributed by atoms with E-state index in [9.17, 15) is 0 Å². The summed E-state index contributed by atoms with van der Waals surface area (Å²) in [5.41, 5.74) is 0. The zero-order valence-corrected chi connectivity index (χ0v) is 13.0. The van der Waals surface area contributed by atoms with E-state index in [-0.39, 0.29) is 0 Å². The fourth-order valence-corrected chi connectivity index (χ4v) is 2.89. The lowest BCUT2D eigenvalue weighted by Crippen LogP contribution is -2.18. The van der Waals surface area contributed by atoms with Gasteiger partial charge in [0.15, 0.2) is 0 Å². The molecule has 16 heavy (non-hydrogen) atoms. The van der Waals surface area contributed by atoms with Crippen LogP contribution in [0.3, 0.4) is 0 Å². The van der Waals surface area contributed by atoms with Crippen LogP contribution < -0.4 is 0 Å². The minimum atomic E-state index is 0.957. The Morgan fingerprint density at radius 3 is 1.62 bits per heavy atom. The Morgan fingerprint density at radius 2 is 1.31 bits per heavy atom. The van der Waals surface area contributed by atoms with Gasteiger partial charge in [0.25, 0.3) is 0 Å². The Hall–Kier alpha value is 0. The Morgan fingerprint density at radius 1 is 0.875 bits per heavy atom. The minimum Gasteiger partial charge on any atom is -0.0683 e. The van der Waals surface area contributed by atoms with Crippen molar-refractivity contribution >= 4 is 0 Å². The SMILES string of the molecule is CC.CC.CCC(C)C(CC)C1CCCC1. The molecule has 0 heterocycles. The second-order valence-electron chi connectivity index (χ2n) is 4.50. The van der Waals surface area contributed by atoms with Crippen molar-refractivity contribution in [1.29, 1.82) is 0 Å². The molecule has 0 nitrogen and oxygen atoms in total. The summed E-state index contributed by atoms with van der Waals surface area (Å²) in [4.78, 5) is 0. The molecule has 1 fully saturated rings. The molecule has 2 atom stereocenters. The summed E-state index contributed by atoms with van der Waals surface area (Å²) >= 11 is 0. The monoisotopic (exact) mass is 228 g/mol. The summed E-state index contributed by atoms with van der Waals surface area (Å²) in [6.07, 6.45) is 8.80. The van der Waals surface area contributed by atoms with Crippen LogP contribution in [-0.2, 0) is 0 Å². The lowest BCUT2D eigenvalue weighted by atomic mass is 9.78. The summed E-state index contributed by atoms with van der Waals surface area (Å²) in [6.45, 7) is 15.1. The minimum absolute atomic E-state index is 0.957. The lowest BCUT2D eigenvalue weighted by Gasteiger charge is -2.27. The molecule has 0 amide bonds. The standard InChI is InChI=1S/C12H24.2C2H6/c1-4-10(3)12(5-2)11-8-6-7-9-11;2*1-2/h10-12H,4-9H2,1-3H3;2*1-2H3. The summed E-state index contributed by atoms with van der Waals surface area (Å²) < 4.78 is 0. The molecule has 1 aliphatic carbocycles. The Labute approximate surface area is 105 Å². The highest BCUT2D eigenvalue weighted by Gasteiger charge is 2.26. The first kappa shape index (κ1) is 18.4. The zero-order valence-electron chi connectivity index (χ0n) is 13.0. The molecule has 0 radical (unpaired) electrons. The van der Waals surface area contributed by atoms with E-state index in [0.717, 1.165) is 17.8 Å². The number of hydrogen-bond acceptors (Lipinski definition) is 0. The van der Waals surface area contributed by atoms with Gasteiger partial charge in [-0.1, -0.05) is 87.0 Å². The van der Waals surface area contributed by atoms with Crippen molar-refractivity contribution in [2.75, 3.05) is 0 Å². The smallest absolute Gasteiger partial charge is 0.0363 e. The predicted molar refractivity (Wildman–Crippen MR) is 77.9 cm³/mol. The fraction of sp³-hybridized carbons (Fsp3) is 1.00. The molecular formula is C16H36. The van der Waals surface area contributed by atoms with Crippen molar-refractivity contribution in [3.05, 3.63) is 0 Å². The zero-order chi connectivity index (χ0) is 13.0. The van der Waals surface area contributed by atoms with E-state index >= 15 is 0 Å². The second-order valence-corrected chi connectivity index (χ2v) is 4.50. The van der Waals surface area contributed by atoms with E-state index in [1.54, 1.807) is 0 Å². The third-order valence-corrected chi connectivity index (χ3v) is 3.85. The highest BCUT2D eigenvalue weighted by atomic mass is 14.3. The van der Waals surface area contributed by atoms with Crippen LogP contribution in [0, 0.1) is 17.8 Å². The number of hydrogen-bond donors (Lipinski definition) is 0. The van der Waals surface area contributed by atoms with E-state index in [1.807, 2.05) is 27.7 Å². The fourth-order valence-electron chi connectivity index (χ4n) is 2.89. The topological polar surface area (TPSA) is 0 Å². The number of rotatable bonds is 4. The van der Waals surface area contributed by atoms with Crippen molar-refractivity contribution in [2.45, 2.75) is 87.0 Å². The van der Waals surface area contributed by atoms with Gasteiger partial charge >= 0.3 is 0 Å². The van der Waals surface area contributed by atoms with Gasteiger partial charge in [-0.3, -0.25) is 0 Å². The molecule has 0 bridgehead atoms. The first-order valence-electron chi connectivity index (χ1n) is 7.79. The van der Waals surface area contributed by atoms with Gasteiger partial charge < -0.3 is 0 Å². The summed E-state index contributed by atoms with van der Waals surface area (Å²) in [7, 11) is 0. The van der Waals surface area contributed by atoms with Crippen LogP contribution in [0.5, 0.6) is 0 Å². The Balaban J connectivity index is 0.